The molecule has 8 nitrogen and oxygen atoms in total. The Morgan fingerprint density at radius 2 is 2.07 bits per heavy atom. The van der Waals surface area contributed by atoms with Gasteiger partial charge in [-0.15, -0.1) is 4.37 Å². The van der Waals surface area contributed by atoms with Crippen molar-refractivity contribution in [3.8, 4) is 5.75 Å². The summed E-state index contributed by atoms with van der Waals surface area (Å²) in [6, 6.07) is 3.51. The molecule has 144 valence electrons. The maximum absolute atomic E-state index is 12.5. The van der Waals surface area contributed by atoms with Crippen LogP contribution in [0.25, 0.3) is 0 Å². The van der Waals surface area contributed by atoms with Crippen LogP contribution in [-0.2, 0) is 11.3 Å². The van der Waals surface area contributed by atoms with Crippen molar-refractivity contribution in [1.29, 1.82) is 0 Å². The number of hydrogen-bond donors (Lipinski definition) is 3. The van der Waals surface area contributed by atoms with Crippen LogP contribution in [-0.4, -0.2) is 38.8 Å². The number of carbonyl (C=O) groups excluding carboxylic acids is 1. The molecule has 27 heavy (non-hydrogen) atoms. The quantitative estimate of drug-likeness (QED) is 0.274. The van der Waals surface area contributed by atoms with Gasteiger partial charge in [0.2, 0.25) is 5.82 Å². The molecular weight excluding hydrogens is 366 g/mol. The third-order valence-corrected chi connectivity index (χ3v) is 4.20. The van der Waals surface area contributed by atoms with Crippen molar-refractivity contribution in [2.45, 2.75) is 20.3 Å². The van der Waals surface area contributed by atoms with Gasteiger partial charge in [0.05, 0.1) is 23.0 Å². The average molecular weight is 389 g/mol. The first-order chi connectivity index (χ1) is 12.9. The number of aromatic hydroxyl groups is 1. The number of carbonyl (C=O) groups is 1. The lowest BCUT2D eigenvalue weighted by Crippen LogP contribution is -2.23. The molecule has 2 rings (SSSR count). The van der Waals surface area contributed by atoms with Crippen LogP contribution in [0, 0.1) is 0 Å². The summed E-state index contributed by atoms with van der Waals surface area (Å²) in [5.74, 6) is 0.926. The number of hydrogen-bond acceptors (Lipinski definition) is 8. The van der Waals surface area contributed by atoms with Crippen LogP contribution in [0.3, 0.4) is 0 Å². The molecule has 1 aromatic heterocycles. The van der Waals surface area contributed by atoms with Crippen molar-refractivity contribution in [2.24, 2.45) is 0 Å². The molecule has 0 saturated carbocycles. The minimum atomic E-state index is -0.267. The summed E-state index contributed by atoms with van der Waals surface area (Å²) < 4.78 is 8.28. The summed E-state index contributed by atoms with van der Waals surface area (Å²) in [4.78, 5) is 19.2. The Morgan fingerprint density at radius 1 is 1.37 bits per heavy atom. The van der Waals surface area contributed by atoms with Gasteiger partial charge in [0.15, 0.2) is 11.6 Å². The Hall–Kier alpha value is -3.07. The standard InChI is InChI=1S/C18H23N5O3S/c1-6-8-11(3)26-20-17-16(21-27-22-17)19-13-10-9-12(7-2)14(15(13)24)18(25)23(4)5/h6,8-10,24H,1,7H2,2-5H3,(H,19,21)(H,20,22)/b11-8-. The Kier molecular flexibility index (Phi) is 6.78. The van der Waals surface area contributed by atoms with Crippen LogP contribution >= 0.6 is 11.7 Å². The van der Waals surface area contributed by atoms with Crippen molar-refractivity contribution < 1.29 is 14.7 Å². The van der Waals surface area contributed by atoms with E-state index in [4.69, 9.17) is 4.84 Å². The zero-order chi connectivity index (χ0) is 20.0. The van der Waals surface area contributed by atoms with Crippen LogP contribution in [0.4, 0.5) is 17.3 Å². The summed E-state index contributed by atoms with van der Waals surface area (Å²) >= 11 is 0.978. The fourth-order valence-electron chi connectivity index (χ4n) is 2.28. The molecular formula is C18H23N5O3S. The monoisotopic (exact) mass is 389 g/mol. The Bertz CT molecular complexity index is 861. The number of allylic oxidation sites excluding steroid dienone is 3. The first-order valence-corrected chi connectivity index (χ1v) is 9.00. The molecule has 0 fully saturated rings. The number of phenols is 1. The van der Waals surface area contributed by atoms with Crippen LogP contribution in [0.1, 0.15) is 29.8 Å². The normalized spacial score (nSPS) is 11.0. The molecule has 9 heteroatoms. The van der Waals surface area contributed by atoms with Gasteiger partial charge in [0.1, 0.15) is 5.76 Å². The number of aryl methyl sites for hydroxylation is 1. The molecule has 3 N–H and O–H groups in total. The van der Waals surface area contributed by atoms with Gasteiger partial charge in [-0.3, -0.25) is 4.79 Å². The van der Waals surface area contributed by atoms with Crippen LogP contribution in [0.2, 0.25) is 0 Å². The van der Waals surface area contributed by atoms with E-state index in [2.05, 4.69) is 26.1 Å². The van der Waals surface area contributed by atoms with Crippen molar-refractivity contribution in [3.63, 3.8) is 0 Å². The van der Waals surface area contributed by atoms with E-state index in [-0.39, 0.29) is 17.2 Å². The number of rotatable bonds is 8. The number of amides is 1. The largest absolute Gasteiger partial charge is 0.505 e. The number of aromatic nitrogens is 2. The SMILES string of the molecule is C=C/C=C(/C)ONc1nsnc1Nc1ccc(CC)c(C(=O)N(C)C)c1O. The highest BCUT2D eigenvalue weighted by molar-refractivity contribution is 6.99. The second-order valence-corrected chi connectivity index (χ2v) is 6.38. The van der Waals surface area contributed by atoms with Crippen LogP contribution < -0.4 is 10.8 Å². The van der Waals surface area contributed by atoms with Gasteiger partial charge in [0, 0.05) is 14.1 Å². The van der Waals surface area contributed by atoms with E-state index in [0.717, 1.165) is 17.3 Å². The van der Waals surface area contributed by atoms with E-state index < -0.39 is 0 Å². The average Bonchev–Trinajstić information content (AvgIpc) is 3.08. The van der Waals surface area contributed by atoms with E-state index in [9.17, 15) is 9.90 Å². The van der Waals surface area contributed by atoms with Gasteiger partial charge in [-0.25, -0.2) is 0 Å². The lowest BCUT2D eigenvalue weighted by Gasteiger charge is -2.17. The predicted octanol–water partition coefficient (Wildman–Crippen LogP) is 3.68. The van der Waals surface area contributed by atoms with Gasteiger partial charge in [0.25, 0.3) is 5.91 Å². The molecule has 2 aromatic rings. The van der Waals surface area contributed by atoms with Gasteiger partial charge < -0.3 is 20.2 Å². The number of benzene rings is 1. The molecule has 0 atom stereocenters. The van der Waals surface area contributed by atoms with Crippen molar-refractivity contribution in [2.75, 3.05) is 24.9 Å². The number of phenolic OH excluding ortho intramolecular Hbond substituents is 1. The number of nitrogens with one attached hydrogen (secondary N) is 2. The summed E-state index contributed by atoms with van der Waals surface area (Å²) in [6.45, 7) is 7.28. The molecule has 0 unspecified atom stereocenters. The van der Waals surface area contributed by atoms with Crippen molar-refractivity contribution >= 4 is 35.0 Å². The Labute approximate surface area is 162 Å². The van der Waals surface area contributed by atoms with E-state index in [1.54, 1.807) is 45.3 Å². The van der Waals surface area contributed by atoms with Gasteiger partial charge in [-0.1, -0.05) is 25.6 Å². The highest BCUT2D eigenvalue weighted by Gasteiger charge is 2.21. The maximum Gasteiger partial charge on any atom is 0.257 e. The van der Waals surface area contributed by atoms with Crippen molar-refractivity contribution in [1.82, 2.24) is 13.6 Å². The molecule has 0 radical (unpaired) electrons. The lowest BCUT2D eigenvalue weighted by atomic mass is 10.0. The molecule has 0 saturated heterocycles. The molecule has 0 spiro atoms. The number of anilines is 3. The smallest absolute Gasteiger partial charge is 0.257 e. The highest BCUT2D eigenvalue weighted by atomic mass is 32.1. The Balaban J connectivity index is 2.30. The van der Waals surface area contributed by atoms with Crippen molar-refractivity contribution in [3.05, 3.63) is 47.7 Å². The molecule has 0 aliphatic carbocycles. The van der Waals surface area contributed by atoms with E-state index in [1.165, 1.54) is 4.90 Å². The number of nitrogens with zero attached hydrogens (tertiary/aromatic N) is 3. The van der Waals surface area contributed by atoms with Gasteiger partial charge >= 0.3 is 0 Å². The molecule has 0 aliphatic rings. The first-order valence-electron chi connectivity index (χ1n) is 8.27. The minimum Gasteiger partial charge on any atom is -0.505 e. The van der Waals surface area contributed by atoms with Crippen LogP contribution in [0.15, 0.2) is 36.6 Å². The van der Waals surface area contributed by atoms with Gasteiger partial charge in [-0.05, 0) is 31.1 Å². The minimum absolute atomic E-state index is 0.129. The maximum atomic E-state index is 12.5. The molecule has 0 aliphatic heterocycles. The third-order valence-electron chi connectivity index (χ3n) is 3.67. The summed E-state index contributed by atoms with van der Waals surface area (Å²) in [5, 5.41) is 13.7. The van der Waals surface area contributed by atoms with E-state index >= 15 is 0 Å². The predicted molar refractivity (Wildman–Crippen MR) is 107 cm³/mol. The second-order valence-electron chi connectivity index (χ2n) is 5.85. The summed E-state index contributed by atoms with van der Waals surface area (Å²) in [5.41, 5.74) is 4.08. The second kappa shape index (κ2) is 9.04. The van der Waals surface area contributed by atoms with E-state index in [1.807, 2.05) is 6.92 Å². The first kappa shape index (κ1) is 20.2. The highest BCUT2D eigenvalue weighted by Crippen LogP contribution is 2.35. The molecule has 1 aromatic carbocycles. The molecule has 0 bridgehead atoms. The fraction of sp³-hybridized carbons (Fsp3) is 0.278. The summed E-state index contributed by atoms with van der Waals surface area (Å²) in [7, 11) is 3.29. The third kappa shape index (κ3) is 4.76. The summed E-state index contributed by atoms with van der Waals surface area (Å²) in [6.07, 6.45) is 3.91. The Morgan fingerprint density at radius 3 is 2.70 bits per heavy atom. The fourth-order valence-corrected chi connectivity index (χ4v) is 2.74. The lowest BCUT2D eigenvalue weighted by molar-refractivity contribution is 0.0823. The zero-order valence-corrected chi connectivity index (χ0v) is 16.6. The molecule has 1 amide bonds. The van der Waals surface area contributed by atoms with Crippen LogP contribution in [0.5, 0.6) is 5.75 Å². The molecule has 1 heterocycles. The van der Waals surface area contributed by atoms with E-state index in [0.29, 0.717) is 29.5 Å². The van der Waals surface area contributed by atoms with Gasteiger partial charge in [-0.2, -0.15) is 9.85 Å². The topological polar surface area (TPSA) is 99.6 Å². The zero-order valence-electron chi connectivity index (χ0n) is 15.7.